The topological polar surface area (TPSA) is 68.2 Å². The molecule has 0 fully saturated rings. The van der Waals surface area contributed by atoms with Crippen LogP contribution in [0.15, 0.2) is 42.7 Å². The number of aryl methyl sites for hydroxylation is 1. The SMILES string of the molecule is Nc1ccc2c(c1)CCCC2Nc1ccn2nccc2n1. The third kappa shape index (κ3) is 2.20. The number of fused-ring (bicyclic) bond motifs is 2. The number of nitrogen functional groups attached to an aromatic ring is 1. The Morgan fingerprint density at radius 1 is 1.24 bits per heavy atom. The summed E-state index contributed by atoms with van der Waals surface area (Å²) in [6.07, 6.45) is 7.07. The van der Waals surface area contributed by atoms with Crippen LogP contribution in [0.25, 0.3) is 5.65 Å². The molecule has 0 saturated heterocycles. The molecule has 0 bridgehead atoms. The van der Waals surface area contributed by atoms with E-state index in [0.29, 0.717) is 6.04 Å². The van der Waals surface area contributed by atoms with Crippen LogP contribution in [0.3, 0.4) is 0 Å². The number of benzene rings is 1. The molecule has 3 aromatic rings. The molecule has 1 aliphatic rings. The van der Waals surface area contributed by atoms with E-state index in [1.807, 2.05) is 24.4 Å². The third-order valence-electron chi connectivity index (χ3n) is 4.06. The summed E-state index contributed by atoms with van der Waals surface area (Å²) in [4.78, 5) is 4.58. The molecular formula is C16H17N5. The molecule has 0 saturated carbocycles. The molecule has 1 aromatic carbocycles. The second-order valence-corrected chi connectivity index (χ2v) is 5.49. The Kier molecular flexibility index (Phi) is 2.77. The highest BCUT2D eigenvalue weighted by Crippen LogP contribution is 2.33. The maximum absolute atomic E-state index is 5.89. The minimum Gasteiger partial charge on any atom is -0.399 e. The van der Waals surface area contributed by atoms with Crippen LogP contribution in [0.4, 0.5) is 11.5 Å². The lowest BCUT2D eigenvalue weighted by Crippen LogP contribution is -2.18. The van der Waals surface area contributed by atoms with Crippen molar-refractivity contribution in [1.29, 1.82) is 0 Å². The van der Waals surface area contributed by atoms with Gasteiger partial charge in [-0.3, -0.25) is 0 Å². The molecular weight excluding hydrogens is 262 g/mol. The van der Waals surface area contributed by atoms with Crippen molar-refractivity contribution in [2.45, 2.75) is 25.3 Å². The van der Waals surface area contributed by atoms with Crippen molar-refractivity contribution >= 4 is 17.2 Å². The Labute approximate surface area is 122 Å². The van der Waals surface area contributed by atoms with Crippen molar-refractivity contribution in [3.63, 3.8) is 0 Å². The van der Waals surface area contributed by atoms with E-state index in [2.05, 4.69) is 27.5 Å². The minimum absolute atomic E-state index is 0.298. The summed E-state index contributed by atoms with van der Waals surface area (Å²) in [7, 11) is 0. The van der Waals surface area contributed by atoms with Crippen molar-refractivity contribution in [3.05, 3.63) is 53.9 Å². The van der Waals surface area contributed by atoms with Gasteiger partial charge in [-0.2, -0.15) is 5.10 Å². The van der Waals surface area contributed by atoms with Gasteiger partial charge >= 0.3 is 0 Å². The summed E-state index contributed by atoms with van der Waals surface area (Å²) in [5.74, 6) is 0.887. The number of nitrogens with one attached hydrogen (secondary N) is 1. The Hall–Kier alpha value is -2.56. The molecule has 0 radical (unpaired) electrons. The Morgan fingerprint density at radius 2 is 2.19 bits per heavy atom. The summed E-state index contributed by atoms with van der Waals surface area (Å²) >= 11 is 0. The highest BCUT2D eigenvalue weighted by Gasteiger charge is 2.20. The lowest BCUT2D eigenvalue weighted by molar-refractivity contribution is 0.599. The summed E-state index contributed by atoms with van der Waals surface area (Å²) in [6.45, 7) is 0. The highest BCUT2D eigenvalue weighted by molar-refractivity contribution is 5.51. The van der Waals surface area contributed by atoms with E-state index in [9.17, 15) is 0 Å². The molecule has 4 rings (SSSR count). The Morgan fingerprint density at radius 3 is 3.14 bits per heavy atom. The molecule has 1 atom stereocenters. The van der Waals surface area contributed by atoms with Crippen LogP contribution in [0.5, 0.6) is 0 Å². The number of rotatable bonds is 2. The Bertz CT molecular complexity index is 792. The summed E-state index contributed by atoms with van der Waals surface area (Å²) in [6, 6.07) is 10.4. The average molecular weight is 279 g/mol. The molecule has 0 amide bonds. The molecule has 5 nitrogen and oxygen atoms in total. The number of anilines is 2. The van der Waals surface area contributed by atoms with Crippen molar-refractivity contribution in [3.8, 4) is 0 Å². The fraction of sp³-hybridized carbons (Fsp3) is 0.250. The van der Waals surface area contributed by atoms with Gasteiger partial charge in [-0.1, -0.05) is 6.07 Å². The van der Waals surface area contributed by atoms with Crippen LogP contribution in [0.2, 0.25) is 0 Å². The fourth-order valence-electron chi connectivity index (χ4n) is 3.06. The van der Waals surface area contributed by atoms with Crippen LogP contribution in [-0.4, -0.2) is 14.6 Å². The first-order chi connectivity index (χ1) is 10.3. The van der Waals surface area contributed by atoms with Gasteiger partial charge in [-0.05, 0) is 48.6 Å². The van der Waals surface area contributed by atoms with E-state index in [-0.39, 0.29) is 0 Å². The number of hydrogen-bond donors (Lipinski definition) is 2. The standard InChI is InChI=1S/C16H17N5/c17-12-4-5-13-11(10-12)2-1-3-14(13)19-15-7-9-21-16(20-15)6-8-18-21/h4-10,14H,1-3,17H2,(H,19,20). The molecule has 106 valence electrons. The second kappa shape index (κ2) is 4.77. The van der Waals surface area contributed by atoms with Crippen molar-refractivity contribution in [2.75, 3.05) is 11.1 Å². The fourth-order valence-corrected chi connectivity index (χ4v) is 3.06. The van der Waals surface area contributed by atoms with Crippen molar-refractivity contribution in [2.24, 2.45) is 0 Å². The zero-order chi connectivity index (χ0) is 14.2. The maximum atomic E-state index is 5.89. The van der Waals surface area contributed by atoms with Gasteiger partial charge in [-0.25, -0.2) is 9.50 Å². The van der Waals surface area contributed by atoms with E-state index in [1.54, 1.807) is 10.7 Å². The summed E-state index contributed by atoms with van der Waals surface area (Å²) in [5.41, 5.74) is 10.3. The molecule has 21 heavy (non-hydrogen) atoms. The minimum atomic E-state index is 0.298. The first-order valence-corrected chi connectivity index (χ1v) is 7.25. The van der Waals surface area contributed by atoms with Crippen LogP contribution in [-0.2, 0) is 6.42 Å². The molecule has 1 unspecified atom stereocenters. The second-order valence-electron chi connectivity index (χ2n) is 5.49. The van der Waals surface area contributed by atoms with E-state index < -0.39 is 0 Å². The molecule has 3 N–H and O–H groups in total. The maximum Gasteiger partial charge on any atom is 0.157 e. The predicted octanol–water partition coefficient (Wildman–Crippen LogP) is 2.80. The summed E-state index contributed by atoms with van der Waals surface area (Å²) in [5, 5.41) is 7.71. The lowest BCUT2D eigenvalue weighted by Gasteiger charge is -2.27. The third-order valence-corrected chi connectivity index (χ3v) is 4.06. The number of hydrogen-bond acceptors (Lipinski definition) is 4. The van der Waals surface area contributed by atoms with Gasteiger partial charge in [0.05, 0.1) is 12.2 Å². The number of aromatic nitrogens is 3. The molecule has 2 aromatic heterocycles. The zero-order valence-corrected chi connectivity index (χ0v) is 11.7. The van der Waals surface area contributed by atoms with Crippen LogP contribution >= 0.6 is 0 Å². The number of nitrogens with two attached hydrogens (primary N) is 1. The van der Waals surface area contributed by atoms with E-state index in [4.69, 9.17) is 5.73 Å². The largest absolute Gasteiger partial charge is 0.399 e. The normalized spacial score (nSPS) is 17.6. The molecule has 0 spiro atoms. The smallest absolute Gasteiger partial charge is 0.157 e. The van der Waals surface area contributed by atoms with Crippen molar-refractivity contribution in [1.82, 2.24) is 14.6 Å². The predicted molar refractivity (Wildman–Crippen MR) is 83.1 cm³/mol. The van der Waals surface area contributed by atoms with E-state index in [0.717, 1.165) is 30.0 Å². The quantitative estimate of drug-likeness (QED) is 0.708. The molecule has 2 heterocycles. The van der Waals surface area contributed by atoms with Gasteiger partial charge in [0.25, 0.3) is 0 Å². The van der Waals surface area contributed by atoms with Gasteiger partial charge in [0.1, 0.15) is 5.82 Å². The van der Waals surface area contributed by atoms with Gasteiger partial charge < -0.3 is 11.1 Å². The monoisotopic (exact) mass is 279 g/mol. The molecule has 0 aliphatic heterocycles. The highest BCUT2D eigenvalue weighted by atomic mass is 15.2. The lowest BCUT2D eigenvalue weighted by atomic mass is 9.87. The van der Waals surface area contributed by atoms with Gasteiger partial charge in [0.15, 0.2) is 5.65 Å². The first-order valence-electron chi connectivity index (χ1n) is 7.25. The van der Waals surface area contributed by atoms with E-state index in [1.165, 1.54) is 17.5 Å². The van der Waals surface area contributed by atoms with Gasteiger partial charge in [-0.15, -0.1) is 0 Å². The molecule has 5 heteroatoms. The Balaban J connectivity index is 1.65. The van der Waals surface area contributed by atoms with Crippen molar-refractivity contribution < 1.29 is 0 Å². The van der Waals surface area contributed by atoms with Gasteiger partial charge in [0, 0.05) is 18.0 Å². The first kappa shape index (κ1) is 12.2. The van der Waals surface area contributed by atoms with Crippen LogP contribution in [0.1, 0.15) is 30.0 Å². The van der Waals surface area contributed by atoms with E-state index >= 15 is 0 Å². The van der Waals surface area contributed by atoms with Crippen LogP contribution in [0, 0.1) is 0 Å². The van der Waals surface area contributed by atoms with Gasteiger partial charge in [0.2, 0.25) is 0 Å². The zero-order valence-electron chi connectivity index (χ0n) is 11.7. The summed E-state index contributed by atoms with van der Waals surface area (Å²) < 4.78 is 1.76. The molecule has 1 aliphatic carbocycles. The average Bonchev–Trinajstić information content (AvgIpc) is 2.95. The van der Waals surface area contributed by atoms with Crippen LogP contribution < -0.4 is 11.1 Å². The number of nitrogens with zero attached hydrogens (tertiary/aromatic N) is 3.